The molecule has 39 heavy (non-hydrogen) atoms. The summed E-state index contributed by atoms with van der Waals surface area (Å²) in [5.74, 6) is 0.886. The predicted molar refractivity (Wildman–Crippen MR) is 152 cm³/mol. The first-order chi connectivity index (χ1) is 19.2. The molecule has 0 spiro atoms. The van der Waals surface area contributed by atoms with Crippen LogP contribution in [-0.4, -0.2) is 44.0 Å². The van der Waals surface area contributed by atoms with E-state index in [2.05, 4.69) is 67.6 Å². The van der Waals surface area contributed by atoms with Gasteiger partial charge in [0.05, 0.1) is 5.69 Å². The number of H-pyrrole nitrogens is 1. The number of nitrogens with zero attached hydrogens (tertiary/aromatic N) is 5. The van der Waals surface area contributed by atoms with E-state index < -0.39 is 0 Å². The number of nitrogens with one attached hydrogen (secondary N) is 2. The van der Waals surface area contributed by atoms with Gasteiger partial charge in [-0.1, -0.05) is 54.6 Å². The molecule has 4 heterocycles. The van der Waals surface area contributed by atoms with Crippen molar-refractivity contribution >= 4 is 16.7 Å². The molecule has 8 nitrogen and oxygen atoms in total. The maximum Gasteiger partial charge on any atom is 0.274 e. The van der Waals surface area contributed by atoms with Gasteiger partial charge in [-0.3, -0.25) is 9.69 Å². The summed E-state index contributed by atoms with van der Waals surface area (Å²) in [5, 5.41) is 13.3. The van der Waals surface area contributed by atoms with E-state index >= 15 is 0 Å². The Kier molecular flexibility index (Phi) is 6.81. The lowest BCUT2D eigenvalue weighted by molar-refractivity contribution is 0.211. The second-order valence-electron chi connectivity index (χ2n) is 9.76. The molecular weight excluding hydrogens is 486 g/mol. The Hall–Kier alpha value is -4.87. The van der Waals surface area contributed by atoms with E-state index in [0.29, 0.717) is 17.4 Å². The zero-order valence-electron chi connectivity index (χ0n) is 21.3. The Morgan fingerprint density at radius 2 is 1.77 bits per heavy atom. The number of likely N-dealkylation sites (tertiary alicyclic amines) is 1. The molecule has 1 fully saturated rings. The molecule has 0 amide bonds. The van der Waals surface area contributed by atoms with E-state index in [0.717, 1.165) is 60.2 Å². The monoisotopic (exact) mass is 513 g/mol. The van der Waals surface area contributed by atoms with Gasteiger partial charge in [0.25, 0.3) is 5.56 Å². The Balaban J connectivity index is 1.17. The molecule has 0 unspecified atom stereocenters. The fourth-order valence-electron chi connectivity index (χ4n) is 5.13. The van der Waals surface area contributed by atoms with Crippen molar-refractivity contribution in [3.8, 4) is 28.5 Å². The van der Waals surface area contributed by atoms with Crippen molar-refractivity contribution < 1.29 is 0 Å². The lowest BCUT2D eigenvalue weighted by atomic mass is 9.97. The first-order valence-corrected chi connectivity index (χ1v) is 13.1. The molecule has 1 aliphatic heterocycles. The largest absolute Gasteiger partial charge is 0.367 e. The van der Waals surface area contributed by atoms with Crippen molar-refractivity contribution in [2.24, 2.45) is 0 Å². The van der Waals surface area contributed by atoms with E-state index in [1.807, 2.05) is 30.3 Å². The lowest BCUT2D eigenvalue weighted by Gasteiger charge is -2.32. The summed E-state index contributed by atoms with van der Waals surface area (Å²) >= 11 is 0. The zero-order chi connectivity index (χ0) is 26.6. The minimum Gasteiger partial charge on any atom is -0.367 e. The van der Waals surface area contributed by atoms with E-state index in [1.54, 1.807) is 18.5 Å². The summed E-state index contributed by atoms with van der Waals surface area (Å²) in [6.07, 6.45) is 5.27. The van der Waals surface area contributed by atoms with Crippen LogP contribution in [0.5, 0.6) is 0 Å². The second-order valence-corrected chi connectivity index (χ2v) is 9.76. The Morgan fingerprint density at radius 1 is 0.974 bits per heavy atom. The molecule has 5 aromatic rings. The highest BCUT2D eigenvalue weighted by Crippen LogP contribution is 2.33. The van der Waals surface area contributed by atoms with Gasteiger partial charge in [-0.2, -0.15) is 5.26 Å². The minimum atomic E-state index is -0.187. The van der Waals surface area contributed by atoms with Crippen LogP contribution in [0.4, 0.5) is 5.82 Å². The van der Waals surface area contributed by atoms with E-state index in [9.17, 15) is 4.79 Å². The second kappa shape index (κ2) is 10.9. The molecule has 3 aromatic heterocycles. The van der Waals surface area contributed by atoms with Gasteiger partial charge < -0.3 is 10.3 Å². The van der Waals surface area contributed by atoms with Gasteiger partial charge in [-0.25, -0.2) is 15.0 Å². The van der Waals surface area contributed by atoms with Crippen molar-refractivity contribution in [1.29, 1.82) is 5.26 Å². The van der Waals surface area contributed by atoms with Crippen LogP contribution in [0.15, 0.2) is 90.0 Å². The van der Waals surface area contributed by atoms with Crippen LogP contribution in [0.2, 0.25) is 0 Å². The Bertz CT molecular complexity index is 1700. The molecular formula is C31H27N7O. The normalized spacial score (nSPS) is 14.2. The number of aromatic amines is 1. The molecule has 6 rings (SSSR count). The number of aromatic nitrogens is 4. The smallest absolute Gasteiger partial charge is 0.274 e. The molecule has 0 radical (unpaired) electrons. The number of fused-ring (bicyclic) bond motifs is 1. The standard InChI is InChI=1S/C31H27N7O/c32-19-28-33-15-11-27(36-28)35-25-12-16-38(17-13-25)20-21-6-8-23(9-7-21)29-26(22-4-2-1-3-5-22)18-24-10-14-34-31(39)30(24)37-29/h1-11,14-15,18,25H,12-13,16-17,20H2,(H,34,39)(H,33,35,36). The first-order valence-electron chi connectivity index (χ1n) is 13.1. The number of piperidine rings is 1. The lowest BCUT2D eigenvalue weighted by Crippen LogP contribution is -2.38. The van der Waals surface area contributed by atoms with Crippen molar-refractivity contribution in [3.63, 3.8) is 0 Å². The van der Waals surface area contributed by atoms with Crippen LogP contribution >= 0.6 is 0 Å². The number of anilines is 1. The Morgan fingerprint density at radius 3 is 2.54 bits per heavy atom. The zero-order valence-corrected chi connectivity index (χ0v) is 21.3. The van der Waals surface area contributed by atoms with E-state index in [4.69, 9.17) is 10.2 Å². The highest BCUT2D eigenvalue weighted by atomic mass is 16.1. The molecule has 1 aliphatic rings. The number of rotatable bonds is 6. The first kappa shape index (κ1) is 24.5. The van der Waals surface area contributed by atoms with Crippen molar-refractivity contribution in [1.82, 2.24) is 24.8 Å². The van der Waals surface area contributed by atoms with Crippen molar-refractivity contribution in [2.45, 2.75) is 25.4 Å². The molecule has 2 aromatic carbocycles. The van der Waals surface area contributed by atoms with Gasteiger partial charge in [-0.05, 0) is 42.2 Å². The van der Waals surface area contributed by atoms with Crippen LogP contribution in [0.3, 0.4) is 0 Å². The third kappa shape index (κ3) is 5.40. The van der Waals surface area contributed by atoms with Gasteiger partial charge in [0.15, 0.2) is 0 Å². The van der Waals surface area contributed by atoms with Crippen LogP contribution in [0.25, 0.3) is 33.3 Å². The fraction of sp³-hybridized carbons (Fsp3) is 0.194. The number of hydrogen-bond donors (Lipinski definition) is 2. The predicted octanol–water partition coefficient (Wildman–Crippen LogP) is 5.00. The average Bonchev–Trinajstić information content (AvgIpc) is 2.99. The van der Waals surface area contributed by atoms with Gasteiger partial charge in [0, 0.05) is 54.6 Å². The topological polar surface area (TPSA) is 111 Å². The van der Waals surface area contributed by atoms with Crippen LogP contribution < -0.4 is 10.9 Å². The van der Waals surface area contributed by atoms with Crippen molar-refractivity contribution in [3.05, 3.63) is 107 Å². The van der Waals surface area contributed by atoms with E-state index in [1.165, 1.54) is 5.56 Å². The maximum atomic E-state index is 12.5. The molecule has 2 N–H and O–H groups in total. The van der Waals surface area contributed by atoms with Crippen LogP contribution in [0.1, 0.15) is 24.2 Å². The third-order valence-electron chi connectivity index (χ3n) is 7.16. The Labute approximate surface area is 226 Å². The summed E-state index contributed by atoms with van der Waals surface area (Å²) in [4.78, 5) is 30.7. The number of benzene rings is 2. The molecule has 0 atom stereocenters. The summed E-state index contributed by atoms with van der Waals surface area (Å²) < 4.78 is 0. The number of pyridine rings is 2. The van der Waals surface area contributed by atoms with Crippen LogP contribution in [0, 0.1) is 11.3 Å². The third-order valence-corrected chi connectivity index (χ3v) is 7.16. The summed E-state index contributed by atoms with van der Waals surface area (Å²) in [6, 6.07) is 26.7. The average molecular weight is 514 g/mol. The van der Waals surface area contributed by atoms with Crippen molar-refractivity contribution in [2.75, 3.05) is 18.4 Å². The highest BCUT2D eigenvalue weighted by Gasteiger charge is 2.20. The van der Waals surface area contributed by atoms with Gasteiger partial charge >= 0.3 is 0 Å². The minimum absolute atomic E-state index is 0.183. The van der Waals surface area contributed by atoms with E-state index in [-0.39, 0.29) is 11.4 Å². The van der Waals surface area contributed by atoms with Gasteiger partial charge in [0.1, 0.15) is 17.4 Å². The summed E-state index contributed by atoms with van der Waals surface area (Å²) in [6.45, 7) is 2.82. The van der Waals surface area contributed by atoms with Crippen LogP contribution in [-0.2, 0) is 6.54 Å². The van der Waals surface area contributed by atoms with Gasteiger partial charge in [-0.15, -0.1) is 0 Å². The van der Waals surface area contributed by atoms with Gasteiger partial charge in [0.2, 0.25) is 5.82 Å². The summed E-state index contributed by atoms with van der Waals surface area (Å²) in [5.41, 5.74) is 5.33. The summed E-state index contributed by atoms with van der Waals surface area (Å²) in [7, 11) is 0. The fourth-order valence-corrected chi connectivity index (χ4v) is 5.13. The molecule has 0 aliphatic carbocycles. The quantitative estimate of drug-likeness (QED) is 0.329. The molecule has 0 saturated carbocycles. The molecule has 1 saturated heterocycles. The number of nitriles is 1. The highest BCUT2D eigenvalue weighted by molar-refractivity contribution is 5.91. The molecule has 192 valence electrons. The molecule has 8 heteroatoms. The SMILES string of the molecule is N#Cc1nccc(NC2CCN(Cc3ccc(-c4nc5c(=O)[nH]ccc5cc4-c4ccccc4)cc3)CC2)n1. The molecule has 0 bridgehead atoms. The number of hydrogen-bond acceptors (Lipinski definition) is 7. The maximum absolute atomic E-state index is 12.5.